The summed E-state index contributed by atoms with van der Waals surface area (Å²) in [5.74, 6) is 0.425. The van der Waals surface area contributed by atoms with Crippen LogP contribution in [0.4, 0.5) is 0 Å². The number of hydrogen-bond acceptors (Lipinski definition) is 2. The molecule has 2 heteroatoms. The lowest BCUT2D eigenvalue weighted by atomic mass is 9.98. The third-order valence-electron chi connectivity index (χ3n) is 3.76. The fourth-order valence-corrected chi connectivity index (χ4v) is 2.42. The molecule has 2 nitrogen and oxygen atoms in total. The molecule has 1 saturated carbocycles. The standard InChI is InChI=1S/C15H15NO/c1-15(2)7-13(15)14(17)12-9-16-8-10-5-3-4-6-11(10)12/h3-6,8-9,13H,7H2,1-2H3. The van der Waals surface area contributed by atoms with Gasteiger partial charge >= 0.3 is 0 Å². The molecule has 0 radical (unpaired) electrons. The van der Waals surface area contributed by atoms with Crippen molar-refractivity contribution in [1.82, 2.24) is 4.98 Å². The molecule has 1 fully saturated rings. The summed E-state index contributed by atoms with van der Waals surface area (Å²) in [6.07, 6.45) is 4.51. The number of carbonyl (C=O) groups is 1. The van der Waals surface area contributed by atoms with E-state index >= 15 is 0 Å². The summed E-state index contributed by atoms with van der Waals surface area (Å²) in [6.45, 7) is 4.29. The van der Waals surface area contributed by atoms with E-state index in [1.54, 1.807) is 6.20 Å². The summed E-state index contributed by atoms with van der Waals surface area (Å²) in [5, 5.41) is 2.06. The van der Waals surface area contributed by atoms with Crippen molar-refractivity contribution in [3.05, 3.63) is 42.2 Å². The molecular weight excluding hydrogens is 210 g/mol. The number of carbonyl (C=O) groups excluding carboxylic acids is 1. The van der Waals surface area contributed by atoms with Gasteiger partial charge < -0.3 is 0 Å². The predicted octanol–water partition coefficient (Wildman–Crippen LogP) is 3.46. The van der Waals surface area contributed by atoms with Gasteiger partial charge in [0.2, 0.25) is 0 Å². The molecule has 1 aliphatic carbocycles. The van der Waals surface area contributed by atoms with Crippen molar-refractivity contribution < 1.29 is 4.79 Å². The van der Waals surface area contributed by atoms with Gasteiger partial charge in [-0.2, -0.15) is 0 Å². The summed E-state index contributed by atoms with van der Waals surface area (Å²) < 4.78 is 0. The largest absolute Gasteiger partial charge is 0.294 e. The predicted molar refractivity (Wildman–Crippen MR) is 68.0 cm³/mol. The number of Topliss-reactive ketones (excluding diaryl/α,β-unsaturated/α-hetero) is 1. The first kappa shape index (κ1) is 10.5. The minimum absolute atomic E-state index is 0.175. The van der Waals surface area contributed by atoms with Gasteiger partial charge in [0.15, 0.2) is 5.78 Å². The molecular formula is C15H15NO. The monoisotopic (exact) mass is 225 g/mol. The summed E-state index contributed by atoms with van der Waals surface area (Å²) in [7, 11) is 0. The molecule has 1 aromatic heterocycles. The zero-order chi connectivity index (χ0) is 12.0. The number of fused-ring (bicyclic) bond motifs is 1. The Kier molecular flexibility index (Phi) is 2.09. The van der Waals surface area contributed by atoms with Crippen LogP contribution in [0.15, 0.2) is 36.7 Å². The maximum atomic E-state index is 12.4. The van der Waals surface area contributed by atoms with Crippen molar-refractivity contribution in [1.29, 1.82) is 0 Å². The van der Waals surface area contributed by atoms with Gasteiger partial charge in [0.05, 0.1) is 0 Å². The molecule has 17 heavy (non-hydrogen) atoms. The average molecular weight is 225 g/mol. The highest BCUT2D eigenvalue weighted by Gasteiger charge is 2.50. The van der Waals surface area contributed by atoms with Crippen LogP contribution in [-0.4, -0.2) is 10.8 Å². The first-order chi connectivity index (χ1) is 8.09. The fraction of sp³-hybridized carbons (Fsp3) is 0.333. The van der Waals surface area contributed by atoms with Crippen LogP contribution in [0, 0.1) is 11.3 Å². The van der Waals surface area contributed by atoms with E-state index < -0.39 is 0 Å². The van der Waals surface area contributed by atoms with Gasteiger partial charge in [-0.25, -0.2) is 0 Å². The van der Waals surface area contributed by atoms with Gasteiger partial charge in [-0.1, -0.05) is 38.1 Å². The Morgan fingerprint density at radius 2 is 2.00 bits per heavy atom. The topological polar surface area (TPSA) is 30.0 Å². The molecule has 0 amide bonds. The summed E-state index contributed by atoms with van der Waals surface area (Å²) in [5.41, 5.74) is 0.951. The summed E-state index contributed by atoms with van der Waals surface area (Å²) in [6, 6.07) is 7.94. The molecule has 0 N–H and O–H groups in total. The number of rotatable bonds is 2. The second-order valence-corrected chi connectivity index (χ2v) is 5.52. The lowest BCUT2D eigenvalue weighted by Crippen LogP contribution is -2.07. The Morgan fingerprint density at radius 1 is 1.29 bits per heavy atom. The Balaban J connectivity index is 2.09. The number of pyridine rings is 1. The minimum Gasteiger partial charge on any atom is -0.294 e. The smallest absolute Gasteiger partial charge is 0.168 e. The molecule has 0 spiro atoms. The highest BCUT2D eigenvalue weighted by molar-refractivity contribution is 6.09. The van der Waals surface area contributed by atoms with Crippen molar-refractivity contribution in [2.45, 2.75) is 20.3 Å². The van der Waals surface area contributed by atoms with Gasteiger partial charge in [-0.05, 0) is 17.2 Å². The maximum Gasteiger partial charge on any atom is 0.168 e. The molecule has 0 aliphatic heterocycles. The van der Waals surface area contributed by atoms with Crippen molar-refractivity contribution in [2.75, 3.05) is 0 Å². The first-order valence-electron chi connectivity index (χ1n) is 5.96. The summed E-state index contributed by atoms with van der Waals surface area (Å²) in [4.78, 5) is 16.6. The van der Waals surface area contributed by atoms with E-state index in [1.807, 2.05) is 30.5 Å². The van der Waals surface area contributed by atoms with Crippen LogP contribution in [0.3, 0.4) is 0 Å². The van der Waals surface area contributed by atoms with E-state index in [2.05, 4.69) is 18.8 Å². The highest BCUT2D eigenvalue weighted by Crippen LogP contribution is 2.53. The number of nitrogens with zero attached hydrogens (tertiary/aromatic N) is 1. The fourth-order valence-electron chi connectivity index (χ4n) is 2.42. The van der Waals surface area contributed by atoms with E-state index in [0.29, 0.717) is 0 Å². The van der Waals surface area contributed by atoms with Crippen molar-refractivity contribution in [2.24, 2.45) is 11.3 Å². The van der Waals surface area contributed by atoms with Crippen molar-refractivity contribution in [3.63, 3.8) is 0 Å². The van der Waals surface area contributed by atoms with E-state index in [9.17, 15) is 4.79 Å². The first-order valence-corrected chi connectivity index (χ1v) is 5.96. The van der Waals surface area contributed by atoms with Crippen molar-refractivity contribution >= 4 is 16.6 Å². The molecule has 0 bridgehead atoms. The van der Waals surface area contributed by atoms with E-state index in [1.165, 1.54) is 0 Å². The van der Waals surface area contributed by atoms with Crippen LogP contribution in [0.5, 0.6) is 0 Å². The van der Waals surface area contributed by atoms with Crippen LogP contribution in [-0.2, 0) is 0 Å². The average Bonchev–Trinajstić information content (AvgIpc) is 2.97. The number of ketones is 1. The quantitative estimate of drug-likeness (QED) is 0.732. The molecule has 0 saturated heterocycles. The second kappa shape index (κ2) is 3.39. The van der Waals surface area contributed by atoms with Gasteiger partial charge in [-0.3, -0.25) is 9.78 Å². The normalized spacial score (nSPS) is 21.4. The van der Waals surface area contributed by atoms with Crippen LogP contribution < -0.4 is 0 Å². The molecule has 1 heterocycles. The molecule has 86 valence electrons. The van der Waals surface area contributed by atoms with Crippen molar-refractivity contribution in [3.8, 4) is 0 Å². The summed E-state index contributed by atoms with van der Waals surface area (Å²) >= 11 is 0. The molecule has 1 unspecified atom stereocenters. The van der Waals surface area contributed by atoms with Gasteiger partial charge in [0.1, 0.15) is 0 Å². The third-order valence-corrected chi connectivity index (χ3v) is 3.76. The number of hydrogen-bond donors (Lipinski definition) is 0. The maximum absolute atomic E-state index is 12.4. The molecule has 1 aliphatic rings. The molecule has 1 aromatic carbocycles. The molecule has 2 aromatic rings. The van der Waals surface area contributed by atoms with Gasteiger partial charge in [0, 0.05) is 29.3 Å². The lowest BCUT2D eigenvalue weighted by Gasteiger charge is -2.06. The zero-order valence-electron chi connectivity index (χ0n) is 10.1. The van der Waals surface area contributed by atoms with Gasteiger partial charge in [0.25, 0.3) is 0 Å². The number of benzene rings is 1. The molecule has 3 rings (SSSR count). The molecule has 1 atom stereocenters. The third kappa shape index (κ3) is 1.64. The SMILES string of the molecule is CC1(C)CC1C(=O)c1cncc2ccccc12. The van der Waals surface area contributed by atoms with E-state index in [0.717, 1.165) is 22.8 Å². The Morgan fingerprint density at radius 3 is 2.71 bits per heavy atom. The second-order valence-electron chi connectivity index (χ2n) is 5.52. The minimum atomic E-state index is 0.175. The van der Waals surface area contributed by atoms with Crippen LogP contribution >= 0.6 is 0 Å². The Labute approximate surface area is 101 Å². The Bertz CT molecular complexity index is 595. The van der Waals surface area contributed by atoms with Crippen LogP contribution in [0.25, 0.3) is 10.8 Å². The van der Waals surface area contributed by atoms with E-state index in [4.69, 9.17) is 0 Å². The lowest BCUT2D eigenvalue weighted by molar-refractivity contribution is 0.0954. The van der Waals surface area contributed by atoms with Gasteiger partial charge in [-0.15, -0.1) is 0 Å². The number of aromatic nitrogens is 1. The Hall–Kier alpha value is -1.70. The van der Waals surface area contributed by atoms with Crippen LogP contribution in [0.2, 0.25) is 0 Å². The van der Waals surface area contributed by atoms with Crippen LogP contribution in [0.1, 0.15) is 30.6 Å². The zero-order valence-corrected chi connectivity index (χ0v) is 10.1. The highest BCUT2D eigenvalue weighted by atomic mass is 16.1. The van der Waals surface area contributed by atoms with E-state index in [-0.39, 0.29) is 17.1 Å².